The van der Waals surface area contributed by atoms with Crippen LogP contribution in [0.3, 0.4) is 0 Å². The number of hydrogen-bond donors (Lipinski definition) is 4. The van der Waals surface area contributed by atoms with E-state index in [1.54, 1.807) is 6.92 Å². The molecule has 2 aromatic rings. The maximum atomic E-state index is 13.1. The van der Waals surface area contributed by atoms with E-state index in [4.69, 9.17) is 4.74 Å². The second kappa shape index (κ2) is 16.9. The highest BCUT2D eigenvalue weighted by atomic mass is 35.5. The van der Waals surface area contributed by atoms with Crippen molar-refractivity contribution in [1.29, 1.82) is 0 Å². The number of benzene rings is 2. The van der Waals surface area contributed by atoms with Crippen LogP contribution in [0.1, 0.15) is 45.4 Å². The fourth-order valence-corrected chi connectivity index (χ4v) is 5.81. The molecule has 0 radical (unpaired) electrons. The molecule has 2 aliphatic rings. The number of non-ortho nitro benzene ring substituents is 2. The predicted octanol–water partition coefficient (Wildman–Crippen LogP) is 2.04. The van der Waals surface area contributed by atoms with Gasteiger partial charge in [0.25, 0.3) is 11.4 Å². The standard InChI is InChI=1S/C27H32N6O8.C4H12N.ClH/c1-2-41-24(34)27-13-11-20(30-25(35)28-18-3-7-22(8-4-18)32(37)38)15-17(27)16-21(12-14-27)31-26(36)29-19-5-9-23(10-6-19)33(39)40;1-5(2,3)4;/h3-10,17,20-21H,2,11-16H2,1H3,(H2,28,30,35)(H2,29,31,36);1-4H3;1H/q;+1;/p-1/t17?,20-,21+,27?;;. The van der Waals surface area contributed by atoms with Gasteiger partial charge in [0.05, 0.1) is 50.1 Å². The van der Waals surface area contributed by atoms with Crippen molar-refractivity contribution < 1.29 is 45.9 Å². The molecule has 0 heterocycles. The molecular weight excluding hydrogens is 634 g/mol. The highest BCUT2D eigenvalue weighted by Gasteiger charge is 2.53. The van der Waals surface area contributed by atoms with E-state index in [1.165, 1.54) is 48.5 Å². The van der Waals surface area contributed by atoms with Crippen molar-refractivity contribution in [2.75, 3.05) is 45.4 Å². The third-order valence-corrected chi connectivity index (χ3v) is 7.82. The first-order valence-electron chi connectivity index (χ1n) is 15.2. The van der Waals surface area contributed by atoms with Gasteiger partial charge >= 0.3 is 18.0 Å². The Morgan fingerprint density at radius 2 is 1.15 bits per heavy atom. The minimum atomic E-state index is -0.698. The quantitative estimate of drug-likeness (QED) is 0.141. The molecule has 4 atom stereocenters. The summed E-state index contributed by atoms with van der Waals surface area (Å²) in [6.07, 6.45) is 3.22. The molecule has 0 saturated heterocycles. The fourth-order valence-electron chi connectivity index (χ4n) is 5.81. The second-order valence-electron chi connectivity index (χ2n) is 13.0. The Kier molecular flexibility index (Phi) is 13.9. The molecule has 4 rings (SSSR count). The average Bonchev–Trinajstić information content (AvgIpc) is 2.97. The van der Waals surface area contributed by atoms with Gasteiger partial charge < -0.3 is 42.9 Å². The number of quaternary nitrogens is 1. The van der Waals surface area contributed by atoms with Crippen LogP contribution in [0, 0.1) is 31.6 Å². The van der Waals surface area contributed by atoms with E-state index in [-0.39, 0.29) is 54.4 Å². The van der Waals surface area contributed by atoms with Crippen LogP contribution in [-0.2, 0) is 9.53 Å². The first kappa shape index (κ1) is 38.7. The highest BCUT2D eigenvalue weighted by molar-refractivity contribution is 5.90. The number of esters is 1. The van der Waals surface area contributed by atoms with Crippen LogP contribution in [0.15, 0.2) is 48.5 Å². The van der Waals surface area contributed by atoms with Crippen molar-refractivity contribution in [3.05, 3.63) is 68.8 Å². The molecule has 2 fully saturated rings. The summed E-state index contributed by atoms with van der Waals surface area (Å²) >= 11 is 0. The third kappa shape index (κ3) is 11.7. The summed E-state index contributed by atoms with van der Waals surface area (Å²) in [4.78, 5) is 59.1. The molecular formula is C31H44ClN7O8. The Morgan fingerprint density at radius 1 is 0.787 bits per heavy atom. The van der Waals surface area contributed by atoms with Crippen molar-refractivity contribution in [1.82, 2.24) is 10.6 Å². The van der Waals surface area contributed by atoms with E-state index in [0.29, 0.717) is 49.9 Å². The van der Waals surface area contributed by atoms with E-state index in [0.717, 1.165) is 4.48 Å². The number of fused-ring (bicyclic) bond motifs is 1. The molecule has 16 heteroatoms. The SMILES string of the molecule is CCOC(=O)C12CC[C@@H](NC(=O)Nc3ccc([N+](=O)[O-])cc3)CC1C[C@@H](NC(=O)Nc1ccc([N+](=O)[O-])cc1)CC2.C[N+](C)(C)C.[Cl-]. The lowest BCUT2D eigenvalue weighted by atomic mass is 9.57. The number of anilines is 2. The first-order chi connectivity index (χ1) is 21.6. The van der Waals surface area contributed by atoms with Crippen LogP contribution in [0.5, 0.6) is 0 Å². The maximum absolute atomic E-state index is 13.1. The topological polar surface area (TPSA) is 195 Å². The van der Waals surface area contributed by atoms with Gasteiger partial charge in [-0.1, -0.05) is 0 Å². The number of ether oxygens (including phenoxy) is 1. The lowest BCUT2D eigenvalue weighted by molar-refractivity contribution is -0.849. The van der Waals surface area contributed by atoms with Gasteiger partial charge in [-0.3, -0.25) is 25.0 Å². The summed E-state index contributed by atoms with van der Waals surface area (Å²) in [5, 5.41) is 32.9. The van der Waals surface area contributed by atoms with Gasteiger partial charge in [0.15, 0.2) is 0 Å². The van der Waals surface area contributed by atoms with Gasteiger partial charge in [-0.25, -0.2) is 9.59 Å². The summed E-state index contributed by atoms with van der Waals surface area (Å²) in [5.41, 5.74) is -0.0480. The molecule has 0 bridgehead atoms. The number of amides is 4. The Bertz CT molecular complexity index is 1310. The monoisotopic (exact) mass is 677 g/mol. The summed E-state index contributed by atoms with van der Waals surface area (Å²) in [6, 6.07) is 9.63. The van der Waals surface area contributed by atoms with Crippen molar-refractivity contribution in [3.8, 4) is 0 Å². The third-order valence-electron chi connectivity index (χ3n) is 7.82. The van der Waals surface area contributed by atoms with Crippen molar-refractivity contribution in [2.24, 2.45) is 11.3 Å². The maximum Gasteiger partial charge on any atom is 0.319 e. The molecule has 4 amide bonds. The fraction of sp³-hybridized carbons (Fsp3) is 0.516. The smallest absolute Gasteiger partial charge is 0.319 e. The van der Waals surface area contributed by atoms with E-state index < -0.39 is 27.3 Å². The largest absolute Gasteiger partial charge is 1.00 e. The molecule has 15 nitrogen and oxygen atoms in total. The minimum absolute atomic E-state index is 0. The molecule has 2 saturated carbocycles. The van der Waals surface area contributed by atoms with Crippen LogP contribution in [0.4, 0.5) is 32.3 Å². The van der Waals surface area contributed by atoms with Gasteiger partial charge in [0.1, 0.15) is 0 Å². The molecule has 0 spiro atoms. The minimum Gasteiger partial charge on any atom is -1.00 e. The summed E-state index contributed by atoms with van der Waals surface area (Å²) in [7, 11) is 8.50. The summed E-state index contributed by atoms with van der Waals surface area (Å²) < 4.78 is 6.45. The number of carbonyl (C=O) groups excluding carboxylic acids is 3. The van der Waals surface area contributed by atoms with Crippen LogP contribution in [0.25, 0.3) is 0 Å². The molecule has 258 valence electrons. The highest BCUT2D eigenvalue weighted by Crippen LogP contribution is 2.51. The van der Waals surface area contributed by atoms with Crippen molar-refractivity contribution in [3.63, 3.8) is 0 Å². The number of halogens is 1. The molecule has 2 aliphatic carbocycles. The number of carbonyl (C=O) groups is 3. The number of nitrogens with zero attached hydrogens (tertiary/aromatic N) is 3. The Hall–Kier alpha value is -4.50. The molecule has 47 heavy (non-hydrogen) atoms. The number of nitro benzene ring substituents is 2. The van der Waals surface area contributed by atoms with Crippen LogP contribution < -0.4 is 33.7 Å². The Morgan fingerprint density at radius 3 is 1.47 bits per heavy atom. The number of nitrogens with one attached hydrogen (secondary N) is 4. The van der Waals surface area contributed by atoms with Crippen molar-refractivity contribution >= 4 is 40.8 Å². The van der Waals surface area contributed by atoms with E-state index >= 15 is 0 Å². The number of rotatable bonds is 8. The van der Waals surface area contributed by atoms with Crippen molar-refractivity contribution in [2.45, 2.75) is 57.5 Å². The van der Waals surface area contributed by atoms with Crippen LogP contribution in [-0.4, -0.2) is 79.2 Å². The first-order valence-corrected chi connectivity index (χ1v) is 15.2. The summed E-state index contributed by atoms with van der Waals surface area (Å²) in [5.74, 6) is -0.411. The number of hydrogen-bond acceptors (Lipinski definition) is 8. The lowest BCUT2D eigenvalue weighted by Crippen LogP contribution is -3.00. The molecule has 0 aliphatic heterocycles. The zero-order chi connectivity index (χ0) is 34.1. The zero-order valence-corrected chi connectivity index (χ0v) is 28.0. The van der Waals surface area contributed by atoms with Gasteiger partial charge in [0, 0.05) is 47.7 Å². The Balaban J connectivity index is 0.00000119. The molecule has 2 aromatic carbocycles. The molecule has 4 N–H and O–H groups in total. The molecule has 0 aromatic heterocycles. The van der Waals surface area contributed by atoms with Gasteiger partial charge in [0.2, 0.25) is 0 Å². The predicted molar refractivity (Wildman–Crippen MR) is 172 cm³/mol. The lowest BCUT2D eigenvalue weighted by Gasteiger charge is -2.49. The van der Waals surface area contributed by atoms with Gasteiger partial charge in [-0.05, 0) is 75.6 Å². The van der Waals surface area contributed by atoms with E-state index in [2.05, 4.69) is 49.5 Å². The Labute approximate surface area is 280 Å². The van der Waals surface area contributed by atoms with E-state index in [9.17, 15) is 34.6 Å². The van der Waals surface area contributed by atoms with E-state index in [1.807, 2.05) is 0 Å². The summed E-state index contributed by atoms with van der Waals surface area (Å²) in [6.45, 7) is 2.01. The number of urea groups is 2. The molecule has 2 unspecified atom stereocenters. The number of nitro groups is 2. The normalized spacial score (nSPS) is 21.6. The van der Waals surface area contributed by atoms with Gasteiger partial charge in [-0.2, -0.15) is 0 Å². The van der Waals surface area contributed by atoms with Crippen LogP contribution in [0.2, 0.25) is 0 Å². The van der Waals surface area contributed by atoms with Crippen LogP contribution >= 0.6 is 0 Å². The second-order valence-corrected chi connectivity index (χ2v) is 13.0. The average molecular weight is 678 g/mol. The van der Waals surface area contributed by atoms with Gasteiger partial charge in [-0.15, -0.1) is 0 Å². The zero-order valence-electron chi connectivity index (χ0n) is 27.3.